The van der Waals surface area contributed by atoms with E-state index in [4.69, 9.17) is 5.73 Å². The van der Waals surface area contributed by atoms with Gasteiger partial charge in [-0.2, -0.15) is 0 Å². The summed E-state index contributed by atoms with van der Waals surface area (Å²) in [5.41, 5.74) is 12.2. The van der Waals surface area contributed by atoms with Crippen LogP contribution in [0.15, 0.2) is 91.0 Å². The van der Waals surface area contributed by atoms with Crippen molar-refractivity contribution in [2.45, 2.75) is 6.54 Å². The number of rotatable bonds is 3. The zero-order chi connectivity index (χ0) is 18.2. The highest BCUT2D eigenvalue weighted by Gasteiger charge is 2.10. The SMILES string of the molecule is NCc1cccc2sc3ccc(-c4cccc(-c5ccccc5)c4)cc3c12. The van der Waals surface area contributed by atoms with Crippen molar-refractivity contribution >= 4 is 31.5 Å². The van der Waals surface area contributed by atoms with E-state index < -0.39 is 0 Å². The summed E-state index contributed by atoms with van der Waals surface area (Å²) in [7, 11) is 0. The standard InChI is InChI=1S/C25H19NS/c26-16-21-10-5-11-24-25(21)22-15-20(12-13-23(22)27-24)19-9-4-8-18(14-19)17-6-2-1-3-7-17/h1-15H,16,26H2. The van der Waals surface area contributed by atoms with Gasteiger partial charge in [0.25, 0.3) is 0 Å². The molecule has 2 N–H and O–H groups in total. The molecule has 0 aliphatic carbocycles. The smallest absolute Gasteiger partial charge is 0.0358 e. The Morgan fingerprint density at radius 2 is 1.30 bits per heavy atom. The molecule has 1 nitrogen and oxygen atoms in total. The lowest BCUT2D eigenvalue weighted by Gasteiger charge is -2.07. The molecule has 5 rings (SSSR count). The van der Waals surface area contributed by atoms with Gasteiger partial charge < -0.3 is 5.73 Å². The summed E-state index contributed by atoms with van der Waals surface area (Å²) in [6.45, 7) is 0.566. The molecule has 130 valence electrons. The maximum Gasteiger partial charge on any atom is 0.0358 e. The number of benzene rings is 4. The third kappa shape index (κ3) is 2.84. The van der Waals surface area contributed by atoms with Crippen LogP contribution >= 0.6 is 11.3 Å². The lowest BCUT2D eigenvalue weighted by molar-refractivity contribution is 1.09. The molecule has 0 bridgehead atoms. The van der Waals surface area contributed by atoms with E-state index in [2.05, 4.69) is 91.0 Å². The summed E-state index contributed by atoms with van der Waals surface area (Å²) in [4.78, 5) is 0. The lowest BCUT2D eigenvalue weighted by Crippen LogP contribution is -1.95. The van der Waals surface area contributed by atoms with Crippen LogP contribution < -0.4 is 5.73 Å². The Bertz CT molecular complexity index is 1250. The number of thiophene rings is 1. The van der Waals surface area contributed by atoms with E-state index in [-0.39, 0.29) is 0 Å². The summed E-state index contributed by atoms with van der Waals surface area (Å²) in [5.74, 6) is 0. The highest BCUT2D eigenvalue weighted by molar-refractivity contribution is 7.25. The monoisotopic (exact) mass is 365 g/mol. The molecule has 0 amide bonds. The molecule has 0 spiro atoms. The van der Waals surface area contributed by atoms with Gasteiger partial charge in [-0.05, 0) is 52.1 Å². The summed E-state index contributed by atoms with van der Waals surface area (Å²) >= 11 is 1.84. The van der Waals surface area contributed by atoms with Crippen molar-refractivity contribution in [1.29, 1.82) is 0 Å². The van der Waals surface area contributed by atoms with Crippen LogP contribution in [-0.2, 0) is 6.54 Å². The third-order valence-corrected chi connectivity index (χ3v) is 6.24. The summed E-state index contributed by atoms with van der Waals surface area (Å²) < 4.78 is 2.62. The Kier molecular flexibility index (Phi) is 4.01. The summed E-state index contributed by atoms with van der Waals surface area (Å²) in [6, 6.07) is 32.5. The van der Waals surface area contributed by atoms with Gasteiger partial charge in [-0.15, -0.1) is 11.3 Å². The predicted octanol–water partition coefficient (Wildman–Crippen LogP) is 6.85. The fourth-order valence-corrected chi connectivity index (χ4v) is 4.89. The van der Waals surface area contributed by atoms with E-state index in [0.29, 0.717) is 6.54 Å². The fraction of sp³-hybridized carbons (Fsp3) is 0.0400. The first-order valence-corrected chi connectivity index (χ1v) is 9.95. The minimum Gasteiger partial charge on any atom is -0.326 e. The molecule has 0 unspecified atom stereocenters. The van der Waals surface area contributed by atoms with Gasteiger partial charge in [0.15, 0.2) is 0 Å². The zero-order valence-electron chi connectivity index (χ0n) is 14.9. The number of nitrogens with two attached hydrogens (primary N) is 1. The second-order valence-electron chi connectivity index (χ2n) is 6.75. The minimum atomic E-state index is 0.566. The van der Waals surface area contributed by atoms with Gasteiger partial charge in [0, 0.05) is 26.7 Å². The van der Waals surface area contributed by atoms with Crippen molar-refractivity contribution < 1.29 is 0 Å². The lowest BCUT2D eigenvalue weighted by atomic mass is 9.97. The molecule has 1 aromatic heterocycles. The Morgan fingerprint density at radius 1 is 0.593 bits per heavy atom. The fourth-order valence-electron chi connectivity index (χ4n) is 3.76. The topological polar surface area (TPSA) is 26.0 Å². The second-order valence-corrected chi connectivity index (χ2v) is 7.84. The first kappa shape index (κ1) is 16.2. The van der Waals surface area contributed by atoms with E-state index in [1.54, 1.807) is 0 Å². The molecule has 0 saturated carbocycles. The van der Waals surface area contributed by atoms with Crippen LogP contribution in [-0.4, -0.2) is 0 Å². The molecular formula is C25H19NS. The van der Waals surface area contributed by atoms with E-state index in [1.807, 2.05) is 11.3 Å². The van der Waals surface area contributed by atoms with Crippen LogP contribution in [0.5, 0.6) is 0 Å². The quantitative estimate of drug-likeness (QED) is 0.372. The van der Waals surface area contributed by atoms with Crippen molar-refractivity contribution in [2.24, 2.45) is 5.73 Å². The number of hydrogen-bond donors (Lipinski definition) is 1. The van der Waals surface area contributed by atoms with Crippen molar-refractivity contribution in [3.63, 3.8) is 0 Å². The Hall–Kier alpha value is -2.94. The van der Waals surface area contributed by atoms with Gasteiger partial charge in [0.1, 0.15) is 0 Å². The van der Waals surface area contributed by atoms with E-state index >= 15 is 0 Å². The third-order valence-electron chi connectivity index (χ3n) is 5.10. The highest BCUT2D eigenvalue weighted by atomic mass is 32.1. The highest BCUT2D eigenvalue weighted by Crippen LogP contribution is 2.38. The van der Waals surface area contributed by atoms with Crippen molar-refractivity contribution in [1.82, 2.24) is 0 Å². The Balaban J connectivity index is 1.69. The van der Waals surface area contributed by atoms with Crippen LogP contribution in [0.1, 0.15) is 5.56 Å². The van der Waals surface area contributed by atoms with Gasteiger partial charge in [0.05, 0.1) is 0 Å². The maximum absolute atomic E-state index is 6.00. The van der Waals surface area contributed by atoms with Gasteiger partial charge in [-0.1, -0.05) is 66.7 Å². The molecule has 4 aromatic carbocycles. The summed E-state index contributed by atoms with van der Waals surface area (Å²) in [5, 5.41) is 2.61. The molecule has 5 aromatic rings. The Morgan fingerprint density at radius 3 is 2.11 bits per heavy atom. The van der Waals surface area contributed by atoms with Crippen LogP contribution in [0.25, 0.3) is 42.4 Å². The maximum atomic E-state index is 6.00. The molecule has 0 fully saturated rings. The average molecular weight is 366 g/mol. The number of fused-ring (bicyclic) bond motifs is 3. The molecule has 0 atom stereocenters. The van der Waals surface area contributed by atoms with Crippen LogP contribution in [0.3, 0.4) is 0 Å². The van der Waals surface area contributed by atoms with Gasteiger partial charge in [0.2, 0.25) is 0 Å². The largest absolute Gasteiger partial charge is 0.326 e. The predicted molar refractivity (Wildman–Crippen MR) is 118 cm³/mol. The molecule has 0 radical (unpaired) electrons. The van der Waals surface area contributed by atoms with Crippen molar-refractivity contribution in [3.8, 4) is 22.3 Å². The normalized spacial score (nSPS) is 11.3. The second kappa shape index (κ2) is 6.66. The average Bonchev–Trinajstić information content (AvgIpc) is 3.12. The molecule has 1 heterocycles. The molecular weight excluding hydrogens is 346 g/mol. The van der Waals surface area contributed by atoms with Gasteiger partial charge >= 0.3 is 0 Å². The molecule has 0 aliphatic heterocycles. The Labute approximate surface area is 162 Å². The minimum absolute atomic E-state index is 0.566. The molecule has 2 heteroatoms. The van der Waals surface area contributed by atoms with Gasteiger partial charge in [-0.25, -0.2) is 0 Å². The van der Waals surface area contributed by atoms with E-state index in [9.17, 15) is 0 Å². The first-order valence-electron chi connectivity index (χ1n) is 9.13. The zero-order valence-corrected chi connectivity index (χ0v) is 15.7. The molecule has 0 saturated heterocycles. The van der Waals surface area contributed by atoms with Crippen LogP contribution in [0.4, 0.5) is 0 Å². The molecule has 0 aliphatic rings. The van der Waals surface area contributed by atoms with Crippen molar-refractivity contribution in [3.05, 3.63) is 96.6 Å². The van der Waals surface area contributed by atoms with Gasteiger partial charge in [-0.3, -0.25) is 0 Å². The van der Waals surface area contributed by atoms with Crippen LogP contribution in [0.2, 0.25) is 0 Å². The van der Waals surface area contributed by atoms with Crippen molar-refractivity contribution in [2.75, 3.05) is 0 Å². The summed E-state index contributed by atoms with van der Waals surface area (Å²) in [6.07, 6.45) is 0. The van der Waals surface area contributed by atoms with E-state index in [0.717, 1.165) is 0 Å². The number of hydrogen-bond acceptors (Lipinski definition) is 2. The van der Waals surface area contributed by atoms with Crippen LogP contribution in [0, 0.1) is 0 Å². The van der Waals surface area contributed by atoms with E-state index in [1.165, 1.54) is 48.0 Å². The first-order chi connectivity index (χ1) is 13.3. The molecule has 27 heavy (non-hydrogen) atoms.